The highest BCUT2D eigenvalue weighted by Crippen LogP contribution is 2.13. The lowest BCUT2D eigenvalue weighted by Gasteiger charge is -2.21. The summed E-state index contributed by atoms with van der Waals surface area (Å²) in [6, 6.07) is 7.97. The summed E-state index contributed by atoms with van der Waals surface area (Å²) in [5, 5.41) is 0. The first kappa shape index (κ1) is 28.1. The third-order valence-electron chi connectivity index (χ3n) is 5.04. The highest BCUT2D eigenvalue weighted by atomic mass is 16.6. The Balaban J connectivity index is 1.32. The summed E-state index contributed by atoms with van der Waals surface area (Å²) in [6.45, 7) is 15.3. The molecule has 8 nitrogen and oxygen atoms in total. The highest BCUT2D eigenvalue weighted by Gasteiger charge is 2.11. The van der Waals surface area contributed by atoms with Gasteiger partial charge < -0.3 is 38.2 Å². The monoisotopic (exact) mass is 478 g/mol. The van der Waals surface area contributed by atoms with Gasteiger partial charge in [0.15, 0.2) is 0 Å². The van der Waals surface area contributed by atoms with Gasteiger partial charge in [0.05, 0.1) is 66.1 Å². The second-order valence-electron chi connectivity index (χ2n) is 7.69. The Bertz CT molecular complexity index is 655. The summed E-state index contributed by atoms with van der Waals surface area (Å²) in [5.74, 6) is 0.887. The molecule has 0 spiro atoms. The molecule has 1 aliphatic heterocycles. The fourth-order valence-electron chi connectivity index (χ4n) is 3.18. The largest absolute Gasteiger partial charge is 0.492 e. The molecule has 0 aliphatic carbocycles. The summed E-state index contributed by atoms with van der Waals surface area (Å²) in [7, 11) is 0. The minimum absolute atomic E-state index is 0.569. The summed E-state index contributed by atoms with van der Waals surface area (Å²) in [4.78, 5) is 4.54. The second-order valence-corrected chi connectivity index (χ2v) is 7.69. The quantitative estimate of drug-likeness (QED) is 0.236. The van der Waals surface area contributed by atoms with Gasteiger partial charge in [-0.05, 0) is 31.0 Å². The Morgan fingerprint density at radius 1 is 0.706 bits per heavy atom. The molecule has 0 aromatic heterocycles. The van der Waals surface area contributed by atoms with Crippen molar-refractivity contribution in [2.24, 2.45) is 0 Å². The lowest BCUT2D eigenvalue weighted by molar-refractivity contribution is -0.0106. The van der Waals surface area contributed by atoms with Crippen molar-refractivity contribution in [1.82, 2.24) is 9.80 Å². The van der Waals surface area contributed by atoms with Gasteiger partial charge >= 0.3 is 0 Å². The van der Waals surface area contributed by atoms with E-state index >= 15 is 0 Å². The maximum Gasteiger partial charge on any atom is 0.119 e. The van der Waals surface area contributed by atoms with Crippen LogP contribution < -0.4 is 4.74 Å². The third kappa shape index (κ3) is 13.6. The van der Waals surface area contributed by atoms with E-state index in [-0.39, 0.29) is 0 Å². The minimum Gasteiger partial charge on any atom is -0.492 e. The summed E-state index contributed by atoms with van der Waals surface area (Å²) in [6.07, 6.45) is 7.06. The normalized spacial score (nSPS) is 13.1. The van der Waals surface area contributed by atoms with Crippen LogP contribution in [0, 0.1) is 0 Å². The third-order valence-corrected chi connectivity index (χ3v) is 5.04. The molecule has 1 aromatic carbocycles. The predicted octanol–water partition coefficient (Wildman–Crippen LogP) is 3.25. The topological polar surface area (TPSA) is 61.9 Å². The first-order valence-corrected chi connectivity index (χ1v) is 12.2. The van der Waals surface area contributed by atoms with Crippen molar-refractivity contribution in [1.29, 1.82) is 0 Å². The first-order chi connectivity index (χ1) is 16.8. The van der Waals surface area contributed by atoms with Gasteiger partial charge in [-0.2, -0.15) is 0 Å². The van der Waals surface area contributed by atoms with E-state index in [2.05, 4.69) is 28.8 Å². The van der Waals surface area contributed by atoms with Crippen molar-refractivity contribution >= 4 is 6.08 Å². The fourth-order valence-corrected chi connectivity index (χ4v) is 3.18. The van der Waals surface area contributed by atoms with Gasteiger partial charge in [-0.25, -0.2) is 0 Å². The Hall–Kier alpha value is -2.10. The van der Waals surface area contributed by atoms with Crippen molar-refractivity contribution in [3.63, 3.8) is 0 Å². The Morgan fingerprint density at radius 2 is 1.24 bits per heavy atom. The van der Waals surface area contributed by atoms with Crippen LogP contribution in [-0.4, -0.2) is 102 Å². The van der Waals surface area contributed by atoms with Crippen LogP contribution in [0.2, 0.25) is 0 Å². The Kier molecular flexibility index (Phi) is 15.9. The number of ether oxygens (including phenoxy) is 6. The van der Waals surface area contributed by atoms with Crippen LogP contribution in [0.5, 0.6) is 5.75 Å². The zero-order valence-corrected chi connectivity index (χ0v) is 20.7. The van der Waals surface area contributed by atoms with Crippen molar-refractivity contribution in [3.8, 4) is 5.75 Å². The smallest absolute Gasteiger partial charge is 0.119 e. The van der Waals surface area contributed by atoms with E-state index < -0.39 is 0 Å². The van der Waals surface area contributed by atoms with Crippen molar-refractivity contribution in [3.05, 3.63) is 48.8 Å². The van der Waals surface area contributed by atoms with Crippen LogP contribution in [0.3, 0.4) is 0 Å². The van der Waals surface area contributed by atoms with E-state index in [1.807, 2.05) is 37.3 Å². The maximum absolute atomic E-state index is 5.82. The van der Waals surface area contributed by atoms with E-state index in [0.29, 0.717) is 59.5 Å². The van der Waals surface area contributed by atoms with E-state index in [4.69, 9.17) is 28.4 Å². The molecule has 1 heterocycles. The van der Waals surface area contributed by atoms with Crippen LogP contribution in [0.15, 0.2) is 43.2 Å². The molecule has 0 N–H and O–H groups in total. The molecule has 0 fully saturated rings. The standard InChI is InChI=1S/C26H42N2O6/c1-3-25-6-8-26(9-7-25)34-15-13-28-12-11-27(24-28)10-5-14-30-18-19-32-22-23-33-21-20-31-17-16-29-4-2/h3,6-9,11-12H,1,4-5,10,13-24H2,2H3. The average Bonchev–Trinajstić information content (AvgIpc) is 3.31. The lowest BCUT2D eigenvalue weighted by Crippen LogP contribution is -2.29. The molecule has 34 heavy (non-hydrogen) atoms. The van der Waals surface area contributed by atoms with Gasteiger partial charge in [0, 0.05) is 32.2 Å². The van der Waals surface area contributed by atoms with Crippen LogP contribution in [-0.2, 0) is 23.7 Å². The second kappa shape index (κ2) is 19.2. The van der Waals surface area contributed by atoms with Gasteiger partial charge in [0.25, 0.3) is 0 Å². The predicted molar refractivity (Wildman–Crippen MR) is 134 cm³/mol. The molecule has 8 heteroatoms. The maximum atomic E-state index is 5.82. The Morgan fingerprint density at radius 3 is 1.79 bits per heavy atom. The average molecular weight is 479 g/mol. The molecular weight excluding hydrogens is 436 g/mol. The number of hydrogen-bond donors (Lipinski definition) is 0. The van der Waals surface area contributed by atoms with Crippen molar-refractivity contribution in [2.45, 2.75) is 13.3 Å². The van der Waals surface area contributed by atoms with E-state index in [0.717, 1.165) is 50.7 Å². The van der Waals surface area contributed by atoms with Crippen LogP contribution in [0.4, 0.5) is 0 Å². The van der Waals surface area contributed by atoms with Crippen LogP contribution in [0.25, 0.3) is 6.08 Å². The fraction of sp³-hybridized carbons (Fsp3) is 0.615. The van der Waals surface area contributed by atoms with E-state index in [1.54, 1.807) is 0 Å². The number of nitrogens with zero attached hydrogens (tertiary/aromatic N) is 2. The molecule has 0 radical (unpaired) electrons. The van der Waals surface area contributed by atoms with Crippen LogP contribution >= 0.6 is 0 Å². The van der Waals surface area contributed by atoms with Gasteiger partial charge in [0.2, 0.25) is 0 Å². The Labute approximate surface area is 205 Å². The van der Waals surface area contributed by atoms with Gasteiger partial charge in [0.1, 0.15) is 12.4 Å². The zero-order chi connectivity index (χ0) is 24.1. The molecule has 1 aliphatic rings. The summed E-state index contributed by atoms with van der Waals surface area (Å²) < 4.78 is 33.0. The molecule has 1 aromatic rings. The molecule has 0 atom stereocenters. The molecule has 0 saturated carbocycles. The zero-order valence-electron chi connectivity index (χ0n) is 20.7. The van der Waals surface area contributed by atoms with Crippen molar-refractivity contribution in [2.75, 3.05) is 92.4 Å². The van der Waals surface area contributed by atoms with Crippen molar-refractivity contribution < 1.29 is 28.4 Å². The van der Waals surface area contributed by atoms with E-state index in [1.165, 1.54) is 0 Å². The molecule has 0 bridgehead atoms. The summed E-state index contributed by atoms with van der Waals surface area (Å²) >= 11 is 0. The van der Waals surface area contributed by atoms with Gasteiger partial charge in [-0.1, -0.05) is 24.8 Å². The molecule has 192 valence electrons. The molecule has 0 unspecified atom stereocenters. The highest BCUT2D eigenvalue weighted by molar-refractivity contribution is 5.48. The SMILES string of the molecule is C=Cc1ccc(OCCN2C=CN(CCCOCCOCCOCCOCCOCC)C2)cc1. The van der Waals surface area contributed by atoms with E-state index in [9.17, 15) is 0 Å². The molecule has 0 amide bonds. The minimum atomic E-state index is 0.569. The van der Waals surface area contributed by atoms with Gasteiger partial charge in [-0.3, -0.25) is 0 Å². The molecular formula is C26H42N2O6. The molecule has 2 rings (SSSR count). The number of rotatable bonds is 22. The number of benzene rings is 1. The van der Waals surface area contributed by atoms with Crippen LogP contribution in [0.1, 0.15) is 18.9 Å². The van der Waals surface area contributed by atoms with Gasteiger partial charge in [-0.15, -0.1) is 0 Å². The lowest BCUT2D eigenvalue weighted by atomic mass is 10.2. The molecule has 0 saturated heterocycles. The summed E-state index contributed by atoms with van der Waals surface area (Å²) in [5.41, 5.74) is 1.10. The first-order valence-electron chi connectivity index (χ1n) is 12.2. The number of hydrogen-bond acceptors (Lipinski definition) is 8.